The predicted molar refractivity (Wildman–Crippen MR) is 172 cm³/mol. The molecule has 2 saturated carbocycles. The quantitative estimate of drug-likeness (QED) is 0.364. The van der Waals surface area contributed by atoms with E-state index in [1.165, 1.54) is 29.2 Å². The first-order chi connectivity index (χ1) is 22.1. The molecule has 250 valence electrons. The Morgan fingerprint density at radius 3 is 2.11 bits per heavy atom. The fourth-order valence-corrected chi connectivity index (χ4v) is 9.93. The minimum absolute atomic E-state index is 0.0102. The second-order valence-electron chi connectivity index (χ2n) is 11.9. The summed E-state index contributed by atoms with van der Waals surface area (Å²) in [6, 6.07) is 5.89. The van der Waals surface area contributed by atoms with E-state index >= 15 is 0 Å². The standard InChI is InChI=1S/C32H42N4O8S2/c1-3-44-32(40)35-19-18-25-26(20-35)45-30(27(25)29(38)34-31(39)43-2)33-28(37)21-14-16-24(17-15-21)46(41,42)36(22-10-6-4-7-11-22)23-12-8-5-9-13-23/h14-17,22-23H,3-13,18-20H2,1-2H3,(H,33,37)(H,34,38,39). The fourth-order valence-electron chi connectivity index (χ4n) is 6.75. The third-order valence-corrected chi connectivity index (χ3v) is 12.2. The Kier molecular flexibility index (Phi) is 11.0. The van der Waals surface area contributed by atoms with Crippen molar-refractivity contribution in [2.75, 3.05) is 25.6 Å². The van der Waals surface area contributed by atoms with E-state index in [1.807, 2.05) is 0 Å². The summed E-state index contributed by atoms with van der Waals surface area (Å²) in [6.07, 6.45) is 8.70. The molecule has 14 heteroatoms. The van der Waals surface area contributed by atoms with Gasteiger partial charge in [0, 0.05) is 29.1 Å². The number of thiophene rings is 1. The number of fused-ring (bicyclic) bond motifs is 1. The summed E-state index contributed by atoms with van der Waals surface area (Å²) in [5.74, 6) is -1.29. The van der Waals surface area contributed by atoms with Gasteiger partial charge in [-0.15, -0.1) is 11.3 Å². The number of anilines is 1. The van der Waals surface area contributed by atoms with Crippen molar-refractivity contribution in [1.82, 2.24) is 14.5 Å². The lowest BCUT2D eigenvalue weighted by Crippen LogP contribution is -2.48. The van der Waals surface area contributed by atoms with Crippen LogP contribution in [0.25, 0.3) is 0 Å². The molecule has 2 aromatic rings. The molecule has 12 nitrogen and oxygen atoms in total. The van der Waals surface area contributed by atoms with Gasteiger partial charge < -0.3 is 19.7 Å². The SMILES string of the molecule is CCOC(=O)N1CCc2c(sc(NC(=O)c3ccc(S(=O)(=O)N(C4CCCCC4)C4CCCCC4)cc3)c2C(=O)NC(=O)OC)C1. The van der Waals surface area contributed by atoms with Gasteiger partial charge >= 0.3 is 12.2 Å². The molecule has 0 radical (unpaired) electrons. The Morgan fingerprint density at radius 2 is 1.54 bits per heavy atom. The smallest absolute Gasteiger partial charge is 0.413 e. The van der Waals surface area contributed by atoms with Crippen LogP contribution in [-0.4, -0.2) is 74.0 Å². The molecule has 3 aliphatic rings. The highest BCUT2D eigenvalue weighted by Crippen LogP contribution is 2.38. The third-order valence-electron chi connectivity index (χ3n) is 9.00. The molecule has 1 aromatic heterocycles. The summed E-state index contributed by atoms with van der Waals surface area (Å²) in [7, 11) is -2.65. The highest BCUT2D eigenvalue weighted by atomic mass is 32.2. The number of carbonyl (C=O) groups is 4. The van der Waals surface area contributed by atoms with Crippen molar-refractivity contribution >= 4 is 50.4 Å². The van der Waals surface area contributed by atoms with Crippen LogP contribution in [0.4, 0.5) is 14.6 Å². The van der Waals surface area contributed by atoms with Crippen LogP contribution < -0.4 is 10.6 Å². The minimum atomic E-state index is -3.79. The van der Waals surface area contributed by atoms with Gasteiger partial charge in [-0.05, 0) is 68.9 Å². The van der Waals surface area contributed by atoms with Crippen molar-refractivity contribution < 1.29 is 37.1 Å². The Bertz CT molecular complexity index is 1530. The van der Waals surface area contributed by atoms with Gasteiger partial charge in [0.05, 0.1) is 30.7 Å². The van der Waals surface area contributed by atoms with Gasteiger partial charge in [-0.25, -0.2) is 18.0 Å². The number of amides is 4. The lowest BCUT2D eigenvalue weighted by Gasteiger charge is -2.40. The van der Waals surface area contributed by atoms with Crippen molar-refractivity contribution in [3.63, 3.8) is 0 Å². The number of carbonyl (C=O) groups excluding carboxylic acids is 4. The molecule has 4 amide bonds. The molecule has 2 heterocycles. The number of nitrogens with zero attached hydrogens (tertiary/aromatic N) is 2. The van der Waals surface area contributed by atoms with Crippen molar-refractivity contribution in [3.05, 3.63) is 45.8 Å². The topological polar surface area (TPSA) is 151 Å². The largest absolute Gasteiger partial charge is 0.453 e. The molecular weight excluding hydrogens is 633 g/mol. The summed E-state index contributed by atoms with van der Waals surface area (Å²) in [4.78, 5) is 53.2. The fraction of sp³-hybridized carbons (Fsp3) is 0.562. The van der Waals surface area contributed by atoms with Crippen LogP contribution in [0.5, 0.6) is 0 Å². The average molecular weight is 675 g/mol. The molecule has 1 aromatic carbocycles. The summed E-state index contributed by atoms with van der Waals surface area (Å²) < 4.78 is 39.6. The number of hydrogen-bond donors (Lipinski definition) is 2. The maximum absolute atomic E-state index is 14.1. The molecule has 2 fully saturated rings. The number of ether oxygens (including phenoxy) is 2. The Morgan fingerprint density at radius 1 is 0.935 bits per heavy atom. The molecule has 0 unspecified atom stereocenters. The van der Waals surface area contributed by atoms with E-state index < -0.39 is 34.0 Å². The number of nitrogens with one attached hydrogen (secondary N) is 2. The van der Waals surface area contributed by atoms with E-state index in [4.69, 9.17) is 4.74 Å². The monoisotopic (exact) mass is 674 g/mol. The summed E-state index contributed by atoms with van der Waals surface area (Å²) in [5.41, 5.74) is 0.950. The van der Waals surface area contributed by atoms with E-state index in [9.17, 15) is 27.6 Å². The van der Waals surface area contributed by atoms with Crippen LogP contribution in [-0.2, 0) is 32.5 Å². The minimum Gasteiger partial charge on any atom is -0.453 e. The number of rotatable bonds is 8. The van der Waals surface area contributed by atoms with Crippen LogP contribution in [0.3, 0.4) is 0 Å². The van der Waals surface area contributed by atoms with Crippen LogP contribution in [0, 0.1) is 0 Å². The van der Waals surface area contributed by atoms with Gasteiger partial charge in [0.1, 0.15) is 5.00 Å². The first-order valence-electron chi connectivity index (χ1n) is 16.0. The van der Waals surface area contributed by atoms with Gasteiger partial charge in [-0.2, -0.15) is 4.31 Å². The van der Waals surface area contributed by atoms with E-state index in [2.05, 4.69) is 15.4 Å². The number of sulfonamides is 1. The van der Waals surface area contributed by atoms with E-state index in [0.29, 0.717) is 23.4 Å². The molecule has 0 spiro atoms. The van der Waals surface area contributed by atoms with Crippen molar-refractivity contribution in [3.8, 4) is 0 Å². The average Bonchev–Trinajstić information content (AvgIpc) is 3.43. The highest BCUT2D eigenvalue weighted by molar-refractivity contribution is 7.89. The number of alkyl carbamates (subject to hydrolysis) is 1. The van der Waals surface area contributed by atoms with Crippen molar-refractivity contribution in [2.24, 2.45) is 0 Å². The lowest BCUT2D eigenvalue weighted by molar-refractivity contribution is 0.0936. The van der Waals surface area contributed by atoms with E-state index in [1.54, 1.807) is 11.2 Å². The van der Waals surface area contributed by atoms with Gasteiger partial charge in [0.25, 0.3) is 11.8 Å². The van der Waals surface area contributed by atoms with Crippen LogP contribution in [0.2, 0.25) is 0 Å². The molecule has 0 atom stereocenters. The molecular formula is C32H42N4O8S2. The summed E-state index contributed by atoms with van der Waals surface area (Å²) in [6.45, 7) is 2.41. The van der Waals surface area contributed by atoms with Crippen LogP contribution in [0.15, 0.2) is 29.2 Å². The first kappa shape index (κ1) is 33.9. The molecule has 1 aliphatic heterocycles. The van der Waals surface area contributed by atoms with Crippen molar-refractivity contribution in [1.29, 1.82) is 0 Å². The highest BCUT2D eigenvalue weighted by Gasteiger charge is 2.38. The van der Waals surface area contributed by atoms with Crippen molar-refractivity contribution in [2.45, 2.75) is 101 Å². The predicted octanol–water partition coefficient (Wildman–Crippen LogP) is 5.67. The molecule has 2 N–H and O–H groups in total. The zero-order chi connectivity index (χ0) is 32.8. The number of benzene rings is 1. The lowest BCUT2D eigenvalue weighted by atomic mass is 9.91. The molecule has 46 heavy (non-hydrogen) atoms. The summed E-state index contributed by atoms with van der Waals surface area (Å²) in [5, 5.41) is 5.15. The van der Waals surface area contributed by atoms with E-state index in [0.717, 1.165) is 82.7 Å². The maximum Gasteiger partial charge on any atom is 0.413 e. The Hall–Kier alpha value is -3.49. The zero-order valence-electron chi connectivity index (χ0n) is 26.3. The van der Waals surface area contributed by atoms with Gasteiger partial charge in [-0.1, -0.05) is 38.5 Å². The molecule has 0 saturated heterocycles. The second kappa shape index (κ2) is 14.9. The number of methoxy groups -OCH3 is 1. The molecule has 5 rings (SSSR count). The maximum atomic E-state index is 14.1. The Balaban J connectivity index is 1.38. The second-order valence-corrected chi connectivity index (χ2v) is 14.9. The van der Waals surface area contributed by atoms with Gasteiger partial charge in [-0.3, -0.25) is 14.9 Å². The zero-order valence-corrected chi connectivity index (χ0v) is 28.0. The van der Waals surface area contributed by atoms with Gasteiger partial charge in [0.15, 0.2) is 0 Å². The first-order valence-corrected chi connectivity index (χ1v) is 18.3. The number of hydrogen-bond acceptors (Lipinski definition) is 9. The third kappa shape index (κ3) is 7.39. The molecule has 0 bridgehead atoms. The van der Waals surface area contributed by atoms with E-state index in [-0.39, 0.29) is 46.3 Å². The van der Waals surface area contributed by atoms with Gasteiger partial charge in [0.2, 0.25) is 10.0 Å². The Labute approximate surface area is 273 Å². The molecule has 2 aliphatic carbocycles. The normalized spacial score (nSPS) is 17.7. The van der Waals surface area contributed by atoms with Crippen LogP contribution >= 0.6 is 11.3 Å². The summed E-state index contributed by atoms with van der Waals surface area (Å²) >= 11 is 1.13. The van der Waals surface area contributed by atoms with Crippen LogP contribution in [0.1, 0.15) is 102 Å². The number of imide groups is 1.